The minimum atomic E-state index is 0.125. The molecule has 21 valence electrons. The molecule has 0 heterocycles. The molecule has 2 N–H and O–H groups in total. The molecule has 0 saturated heterocycles. The van der Waals surface area contributed by atoms with Crippen LogP contribution >= 0.6 is 0 Å². The zero-order valence-corrected chi connectivity index (χ0v) is 5.37. The van der Waals surface area contributed by atoms with Crippen molar-refractivity contribution in [3.63, 3.8) is 0 Å². The van der Waals surface area contributed by atoms with Crippen molar-refractivity contribution in [1.29, 1.82) is 0 Å². The standard InChI is InChI=1S/CH4N.O.Zn/c1-2;;/h1-2H2;;. The predicted octanol–water partition coefficient (Wildman–Crippen LogP) is -0.385. The van der Waals surface area contributed by atoms with Crippen LogP contribution in [0.5, 0.6) is 0 Å². The zero-order valence-electron chi connectivity index (χ0n) is 2.40. The normalized spacial score (nSPS) is 3.00. The van der Waals surface area contributed by atoms with E-state index in [0.717, 1.165) is 0 Å². The van der Waals surface area contributed by atoms with Crippen LogP contribution < -0.4 is 5.73 Å². The Morgan fingerprint density at radius 1 is 1.50 bits per heavy atom. The van der Waals surface area contributed by atoms with Gasteiger partial charge in [-0.2, -0.15) is 0 Å². The molecule has 0 saturated carbocycles. The molecule has 3 heteroatoms. The first kappa shape index (κ1) is 8.83. The first-order chi connectivity index (χ1) is 2.00. The second-order valence-corrected chi connectivity index (χ2v) is 0. The maximum atomic E-state index is 8.38. The number of rotatable bonds is 0. The second kappa shape index (κ2) is 131. The molecule has 0 unspecified atom stereocenters. The Morgan fingerprint density at radius 2 is 1.50 bits per heavy atom. The Labute approximate surface area is 35.3 Å². The van der Waals surface area contributed by atoms with Gasteiger partial charge in [-0.1, -0.05) is 0 Å². The molecule has 0 aliphatic heterocycles. The van der Waals surface area contributed by atoms with Crippen LogP contribution in [0.1, 0.15) is 0 Å². The molecule has 0 aliphatic carbocycles. The minimum absolute atomic E-state index is 0.125. The Kier molecular flexibility index (Phi) is 289. The molecule has 1 radical (unpaired) electrons. The van der Waals surface area contributed by atoms with Gasteiger partial charge in [0.2, 0.25) is 0 Å². The summed E-state index contributed by atoms with van der Waals surface area (Å²) in [6, 6.07) is 0. The molecule has 0 bridgehead atoms. The molecular weight excluding hydrogens is 107 g/mol. The van der Waals surface area contributed by atoms with E-state index in [2.05, 4.69) is 12.8 Å². The molecule has 0 amide bonds. The van der Waals surface area contributed by atoms with Gasteiger partial charge in [0.25, 0.3) is 0 Å². The Bertz CT molecular complexity index is 8.00. The quantitative estimate of drug-likeness (QED) is 0.433. The van der Waals surface area contributed by atoms with E-state index in [4.69, 9.17) is 3.57 Å². The molecule has 0 fully saturated rings. The van der Waals surface area contributed by atoms with Gasteiger partial charge in [-0.05, 0) is 0 Å². The van der Waals surface area contributed by atoms with Gasteiger partial charge in [-0.25, -0.2) is 0 Å². The van der Waals surface area contributed by atoms with E-state index in [1.807, 2.05) is 0 Å². The van der Waals surface area contributed by atoms with Crippen LogP contribution in [0.25, 0.3) is 0 Å². The number of hydrogen-bond donors (Lipinski definition) is 1. The third kappa shape index (κ3) is 31.0. The fraction of sp³-hybridized carbons (Fsp3) is 0. The van der Waals surface area contributed by atoms with E-state index in [1.54, 1.807) is 0 Å². The Morgan fingerprint density at radius 3 is 1.50 bits per heavy atom. The van der Waals surface area contributed by atoms with Crippen molar-refractivity contribution >= 4 is 0 Å². The van der Waals surface area contributed by atoms with Gasteiger partial charge in [0.15, 0.2) is 0 Å². The summed E-state index contributed by atoms with van der Waals surface area (Å²) in [4.78, 5) is 0. The maximum absolute atomic E-state index is 8.38. The summed E-state index contributed by atoms with van der Waals surface area (Å²) in [6.45, 7) is 0. The summed E-state index contributed by atoms with van der Waals surface area (Å²) in [6.07, 6.45) is 0. The van der Waals surface area contributed by atoms with Crippen LogP contribution in [0, 0.1) is 7.05 Å². The average Bonchev–Trinajstić information content (AvgIpc) is 1.50. The van der Waals surface area contributed by atoms with Crippen LogP contribution in [0.15, 0.2) is 0 Å². The van der Waals surface area contributed by atoms with Crippen LogP contribution in [0.4, 0.5) is 0 Å². The summed E-state index contributed by atoms with van der Waals surface area (Å²) in [5.74, 6) is 0. The summed E-state index contributed by atoms with van der Waals surface area (Å²) in [5, 5.41) is 0. The third-order valence-corrected chi connectivity index (χ3v) is 0. The molecule has 0 aromatic heterocycles. The Balaban J connectivity index is 0. The molecule has 0 rings (SSSR count). The molecule has 0 atom stereocenters. The first-order valence-corrected chi connectivity index (χ1v) is 1.91. The SMILES string of the molecule is [CH2]N.[O]=[Zn]. The molecule has 0 aromatic carbocycles. The van der Waals surface area contributed by atoms with Gasteiger partial charge < -0.3 is 5.73 Å². The molecule has 0 spiro atoms. The van der Waals surface area contributed by atoms with Gasteiger partial charge in [-0.3, -0.25) is 0 Å². The third-order valence-electron chi connectivity index (χ3n) is 0. The van der Waals surface area contributed by atoms with Crippen molar-refractivity contribution in [2.45, 2.75) is 0 Å². The number of nitrogens with two attached hydrogens (primary N) is 1. The average molecular weight is 111 g/mol. The topological polar surface area (TPSA) is 43.1 Å². The summed E-state index contributed by atoms with van der Waals surface area (Å²) < 4.78 is 8.38. The van der Waals surface area contributed by atoms with Crippen molar-refractivity contribution in [3.8, 4) is 0 Å². The van der Waals surface area contributed by atoms with Crippen molar-refractivity contribution in [2.75, 3.05) is 0 Å². The van der Waals surface area contributed by atoms with E-state index in [-0.39, 0.29) is 18.3 Å². The summed E-state index contributed by atoms with van der Waals surface area (Å²) >= 11 is 0.125. The Hall–Kier alpha value is 0.383. The molecule has 2 nitrogen and oxygen atoms in total. The van der Waals surface area contributed by atoms with Crippen molar-refractivity contribution < 1.29 is 21.8 Å². The second-order valence-electron chi connectivity index (χ2n) is 0. The predicted molar refractivity (Wildman–Crippen MR) is 10.2 cm³/mol. The van der Waals surface area contributed by atoms with Crippen molar-refractivity contribution in [3.05, 3.63) is 7.05 Å². The fourth-order valence-corrected chi connectivity index (χ4v) is 0. The van der Waals surface area contributed by atoms with E-state index >= 15 is 0 Å². The van der Waals surface area contributed by atoms with Crippen LogP contribution in [-0.2, 0) is 21.8 Å². The van der Waals surface area contributed by atoms with Gasteiger partial charge in [0.05, 0.1) is 0 Å². The van der Waals surface area contributed by atoms with Crippen LogP contribution in [0.2, 0.25) is 0 Å². The number of hydrogen-bond acceptors (Lipinski definition) is 2. The summed E-state index contributed by atoms with van der Waals surface area (Å²) in [5.41, 5.74) is 4.25. The molecular formula is CH4NOZn. The van der Waals surface area contributed by atoms with E-state index in [9.17, 15) is 0 Å². The fourth-order valence-electron chi connectivity index (χ4n) is 0. The van der Waals surface area contributed by atoms with Crippen molar-refractivity contribution in [2.24, 2.45) is 5.73 Å². The molecule has 4 heavy (non-hydrogen) atoms. The van der Waals surface area contributed by atoms with Gasteiger partial charge >= 0.3 is 21.8 Å². The first-order valence-electron chi connectivity index (χ1n) is 0.697. The van der Waals surface area contributed by atoms with Gasteiger partial charge in [-0.15, -0.1) is 0 Å². The monoisotopic (exact) mass is 110 g/mol. The summed E-state index contributed by atoms with van der Waals surface area (Å²) in [7, 11) is 2.75. The van der Waals surface area contributed by atoms with Crippen LogP contribution in [-0.4, -0.2) is 0 Å². The zero-order chi connectivity index (χ0) is 4.00. The van der Waals surface area contributed by atoms with E-state index in [1.165, 1.54) is 0 Å². The van der Waals surface area contributed by atoms with E-state index < -0.39 is 0 Å². The van der Waals surface area contributed by atoms with Crippen LogP contribution in [0.3, 0.4) is 0 Å². The van der Waals surface area contributed by atoms with Gasteiger partial charge in [0, 0.05) is 7.05 Å². The molecule has 0 aliphatic rings. The van der Waals surface area contributed by atoms with E-state index in [0.29, 0.717) is 0 Å². The van der Waals surface area contributed by atoms with Crippen molar-refractivity contribution in [1.82, 2.24) is 0 Å². The molecule has 0 aromatic rings. The van der Waals surface area contributed by atoms with Gasteiger partial charge in [0.1, 0.15) is 0 Å².